The van der Waals surface area contributed by atoms with Crippen molar-refractivity contribution in [2.24, 2.45) is 0 Å². The molecule has 2 aromatic rings. The summed E-state index contributed by atoms with van der Waals surface area (Å²) in [7, 11) is 0. The maximum atomic E-state index is 13.3. The zero-order valence-electron chi connectivity index (χ0n) is 28.8. The van der Waals surface area contributed by atoms with Crippen molar-refractivity contribution >= 4 is 35.4 Å². The predicted octanol–water partition coefficient (Wildman–Crippen LogP) is 6.58. The average Bonchev–Trinajstić information content (AvgIpc) is 3.53. The third-order valence-electron chi connectivity index (χ3n) is 7.42. The van der Waals surface area contributed by atoms with Gasteiger partial charge in [-0.3, -0.25) is 20.1 Å². The maximum Gasteiger partial charge on any atom is 0.490 e. The lowest BCUT2D eigenvalue weighted by Gasteiger charge is -2.33. The predicted molar refractivity (Wildman–Crippen MR) is 178 cm³/mol. The molecule has 12 nitrogen and oxygen atoms in total. The van der Waals surface area contributed by atoms with Crippen LogP contribution in [0.15, 0.2) is 30.5 Å². The summed E-state index contributed by atoms with van der Waals surface area (Å²) in [5.74, 6) is -2.72. The second kappa shape index (κ2) is 18.0. The number of hydrogen-bond acceptors (Lipinski definition) is 9. The van der Waals surface area contributed by atoms with Gasteiger partial charge in [-0.15, -0.1) is 0 Å². The summed E-state index contributed by atoms with van der Waals surface area (Å²) in [6, 6.07) is 9.73. The summed E-state index contributed by atoms with van der Waals surface area (Å²) < 4.78 is 37.3. The van der Waals surface area contributed by atoms with Crippen LogP contribution in [0.4, 0.5) is 23.8 Å². The zero-order chi connectivity index (χ0) is 37.1. The Morgan fingerprint density at radius 1 is 1.06 bits per heavy atom. The molecule has 270 valence electrons. The van der Waals surface area contributed by atoms with Gasteiger partial charge in [0.05, 0.1) is 12.2 Å². The number of ether oxygens (including phenoxy) is 1. The Hall–Kier alpha value is -4.16. The van der Waals surface area contributed by atoms with Crippen LogP contribution in [0, 0.1) is 11.3 Å². The van der Waals surface area contributed by atoms with Gasteiger partial charge >= 0.3 is 18.2 Å². The molecule has 1 aliphatic rings. The lowest BCUT2D eigenvalue weighted by molar-refractivity contribution is -0.192. The molecule has 3 rings (SSSR count). The molecule has 0 aliphatic heterocycles. The smallest absolute Gasteiger partial charge is 0.475 e. The van der Waals surface area contributed by atoms with Gasteiger partial charge < -0.3 is 14.7 Å². The number of aliphatic carboxylic acids is 1. The highest BCUT2D eigenvalue weighted by atomic mass is 35.5. The van der Waals surface area contributed by atoms with Crippen LogP contribution in [0.2, 0.25) is 5.02 Å². The molecular weight excluding hydrogens is 667 g/mol. The number of benzene rings is 1. The highest BCUT2D eigenvalue weighted by molar-refractivity contribution is 6.32. The molecule has 0 atom stereocenters. The van der Waals surface area contributed by atoms with E-state index in [2.05, 4.69) is 34.1 Å². The van der Waals surface area contributed by atoms with Crippen molar-refractivity contribution in [3.05, 3.63) is 52.4 Å². The summed E-state index contributed by atoms with van der Waals surface area (Å²) >= 11 is 6.40. The van der Waals surface area contributed by atoms with Crippen LogP contribution in [-0.4, -0.2) is 85.8 Å². The van der Waals surface area contributed by atoms with Crippen molar-refractivity contribution in [2.75, 3.05) is 18.1 Å². The molecule has 0 bridgehead atoms. The molecule has 0 saturated heterocycles. The van der Waals surface area contributed by atoms with Crippen LogP contribution in [0.25, 0.3) is 0 Å². The van der Waals surface area contributed by atoms with Crippen LogP contribution in [-0.2, 0) is 16.1 Å². The first kappa shape index (κ1) is 41.0. The van der Waals surface area contributed by atoms with E-state index in [4.69, 9.17) is 26.2 Å². The van der Waals surface area contributed by atoms with Gasteiger partial charge in [-0.05, 0) is 79.0 Å². The molecule has 1 saturated carbocycles. The largest absolute Gasteiger partial charge is 0.490 e. The van der Waals surface area contributed by atoms with E-state index in [0.717, 1.165) is 31.2 Å². The summed E-state index contributed by atoms with van der Waals surface area (Å²) in [5, 5.41) is 18.4. The molecule has 2 N–H and O–H groups in total. The summed E-state index contributed by atoms with van der Waals surface area (Å²) in [5.41, 5.74) is 3.99. The minimum absolute atomic E-state index is 0.00619. The Balaban J connectivity index is 0.00000107. The van der Waals surface area contributed by atoms with Gasteiger partial charge in [0, 0.05) is 37.3 Å². The molecular formula is C33H45ClF3N7O5. The molecule has 1 aromatic carbocycles. The second-order valence-corrected chi connectivity index (χ2v) is 13.5. The number of rotatable bonds is 11. The molecule has 49 heavy (non-hydrogen) atoms. The Labute approximate surface area is 290 Å². The molecule has 0 radical (unpaired) electrons. The molecule has 0 spiro atoms. The number of halogens is 4. The van der Waals surface area contributed by atoms with Gasteiger partial charge in [-0.1, -0.05) is 36.6 Å². The molecule has 1 fully saturated rings. The minimum Gasteiger partial charge on any atom is -0.475 e. The quantitative estimate of drug-likeness (QED) is 0.244. The first-order valence-corrected chi connectivity index (χ1v) is 16.3. The molecule has 1 aliphatic carbocycles. The summed E-state index contributed by atoms with van der Waals surface area (Å²) in [6.07, 6.45) is -0.157. The Kier molecular flexibility index (Phi) is 15.1. The van der Waals surface area contributed by atoms with Crippen LogP contribution in [0.5, 0.6) is 0 Å². The molecule has 0 unspecified atom stereocenters. The SMILES string of the molecule is CC(C)N(CCN(C(=O)OC(C)(C)C)C(C)C)Cc1ccc(C(=O)NN(c2nc(C#N)ncc2Cl)C2CCCC2)cc1.O=C(O)C(F)(F)F. The molecule has 2 amide bonds. The van der Waals surface area contributed by atoms with Gasteiger partial charge in [-0.2, -0.15) is 23.4 Å². The highest BCUT2D eigenvalue weighted by Gasteiger charge is 2.38. The molecule has 1 aromatic heterocycles. The van der Waals surface area contributed by atoms with Crippen LogP contribution in [0.1, 0.15) is 95.9 Å². The molecule has 1 heterocycles. The normalized spacial score (nSPS) is 13.5. The molecule has 16 heteroatoms. The maximum absolute atomic E-state index is 13.3. The van der Waals surface area contributed by atoms with Crippen LogP contribution < -0.4 is 10.4 Å². The van der Waals surface area contributed by atoms with Crippen molar-refractivity contribution in [3.63, 3.8) is 0 Å². The number of nitriles is 1. The Morgan fingerprint density at radius 2 is 1.63 bits per heavy atom. The number of aromatic nitrogens is 2. The summed E-state index contributed by atoms with van der Waals surface area (Å²) in [4.78, 5) is 47.3. The Bertz CT molecular complexity index is 1450. The third kappa shape index (κ3) is 13.3. The fraction of sp³-hybridized carbons (Fsp3) is 0.576. The van der Waals surface area contributed by atoms with E-state index in [1.807, 2.05) is 52.8 Å². The number of carboxylic acid groups (broad SMARTS) is 1. The fourth-order valence-corrected chi connectivity index (χ4v) is 5.05. The van der Waals surface area contributed by atoms with E-state index in [1.165, 1.54) is 6.20 Å². The fourth-order valence-electron chi connectivity index (χ4n) is 4.87. The third-order valence-corrected chi connectivity index (χ3v) is 7.69. The average molecular weight is 712 g/mol. The van der Waals surface area contributed by atoms with Gasteiger partial charge in [0.25, 0.3) is 5.91 Å². The number of alkyl halides is 3. The van der Waals surface area contributed by atoms with E-state index in [0.29, 0.717) is 31.0 Å². The topological polar surface area (TPSA) is 152 Å². The monoisotopic (exact) mass is 711 g/mol. The zero-order valence-corrected chi connectivity index (χ0v) is 29.6. The number of nitrogens with one attached hydrogen (secondary N) is 1. The minimum atomic E-state index is -5.08. The number of amides is 2. The van der Waals surface area contributed by atoms with E-state index in [-0.39, 0.29) is 41.0 Å². The van der Waals surface area contributed by atoms with E-state index < -0.39 is 17.7 Å². The van der Waals surface area contributed by atoms with Crippen molar-refractivity contribution in [1.29, 1.82) is 5.26 Å². The number of hydrazine groups is 1. The van der Waals surface area contributed by atoms with Crippen LogP contribution >= 0.6 is 11.6 Å². The number of anilines is 1. The lowest BCUT2D eigenvalue weighted by atomic mass is 10.1. The van der Waals surface area contributed by atoms with E-state index in [1.54, 1.807) is 22.0 Å². The first-order chi connectivity index (χ1) is 22.7. The van der Waals surface area contributed by atoms with E-state index in [9.17, 15) is 28.0 Å². The van der Waals surface area contributed by atoms with Crippen molar-refractivity contribution in [3.8, 4) is 6.07 Å². The van der Waals surface area contributed by atoms with Crippen molar-refractivity contribution < 1.29 is 37.4 Å². The number of carbonyl (C=O) groups excluding carboxylic acids is 2. The van der Waals surface area contributed by atoms with Gasteiger partial charge in [0.2, 0.25) is 5.82 Å². The van der Waals surface area contributed by atoms with Crippen LogP contribution in [0.3, 0.4) is 0 Å². The first-order valence-electron chi connectivity index (χ1n) is 15.9. The van der Waals surface area contributed by atoms with Gasteiger partial charge in [-0.25, -0.2) is 14.6 Å². The summed E-state index contributed by atoms with van der Waals surface area (Å²) in [6.45, 7) is 15.7. The standard InChI is InChI=1S/C31H44ClN7O3.C2HF3O2/c1-21(2)37(16-17-38(22(3)4)30(41)42-31(5,6)7)20-23-12-14-24(15-13-23)29(40)36-39(25-10-8-9-11-25)28-26(32)19-34-27(18-33)35-28;3-2(4,5)1(6)7/h12-15,19,21-22,25H,8-11,16-17,20H2,1-7H3,(H,36,40);(H,6,7). The number of carboxylic acids is 1. The van der Waals surface area contributed by atoms with E-state index >= 15 is 0 Å². The Morgan fingerprint density at radius 3 is 2.10 bits per heavy atom. The highest BCUT2D eigenvalue weighted by Crippen LogP contribution is 2.30. The van der Waals surface area contributed by atoms with Crippen molar-refractivity contribution in [2.45, 2.75) is 111 Å². The number of hydrogen-bond donors (Lipinski definition) is 2. The second-order valence-electron chi connectivity index (χ2n) is 13.1. The lowest BCUT2D eigenvalue weighted by Crippen LogP contribution is -2.48. The number of carbonyl (C=O) groups is 3. The van der Waals surface area contributed by atoms with Gasteiger partial charge in [0.1, 0.15) is 16.7 Å². The van der Waals surface area contributed by atoms with Gasteiger partial charge in [0.15, 0.2) is 5.82 Å². The number of nitrogens with zero attached hydrogens (tertiary/aromatic N) is 6. The van der Waals surface area contributed by atoms with Crippen molar-refractivity contribution in [1.82, 2.24) is 25.2 Å².